The molecule has 0 bridgehead atoms. The predicted octanol–water partition coefficient (Wildman–Crippen LogP) is 2.21. The van der Waals surface area contributed by atoms with Gasteiger partial charge in [-0.15, -0.1) is 0 Å². The number of carboxylic acid groups (broad SMARTS) is 1. The Kier molecular flexibility index (Phi) is 5.79. The molecule has 0 heterocycles. The molecule has 0 aromatic rings. The molecule has 1 fully saturated rings. The number of carbonyl (C=O) groups is 2. The van der Waals surface area contributed by atoms with Gasteiger partial charge in [0.05, 0.1) is 12.0 Å². The van der Waals surface area contributed by atoms with Crippen LogP contribution in [0.25, 0.3) is 0 Å². The summed E-state index contributed by atoms with van der Waals surface area (Å²) in [7, 11) is 0. The maximum absolute atomic E-state index is 11.6. The third-order valence-electron chi connectivity index (χ3n) is 4.23. The summed E-state index contributed by atoms with van der Waals surface area (Å²) in [5.41, 5.74) is 5.86. The highest BCUT2D eigenvalue weighted by atomic mass is 16.4. The van der Waals surface area contributed by atoms with E-state index >= 15 is 0 Å². The Balaban J connectivity index is 2.49. The molecule has 0 aromatic carbocycles. The van der Waals surface area contributed by atoms with E-state index in [2.05, 4.69) is 6.92 Å². The molecule has 0 amide bonds. The average Bonchev–Trinajstić information content (AvgIpc) is 2.30. The van der Waals surface area contributed by atoms with Crippen LogP contribution in [0.2, 0.25) is 0 Å². The van der Waals surface area contributed by atoms with Gasteiger partial charge in [0.25, 0.3) is 0 Å². The van der Waals surface area contributed by atoms with Crippen molar-refractivity contribution >= 4 is 11.8 Å². The maximum atomic E-state index is 11.6. The first-order valence-electron chi connectivity index (χ1n) is 6.93. The van der Waals surface area contributed by atoms with Crippen molar-refractivity contribution in [2.75, 3.05) is 0 Å². The number of nitrogens with two attached hydrogens (primary N) is 1. The molecule has 4 heteroatoms. The van der Waals surface area contributed by atoms with Gasteiger partial charge in [-0.2, -0.15) is 0 Å². The van der Waals surface area contributed by atoms with Crippen LogP contribution in [-0.2, 0) is 9.59 Å². The molecule has 1 aliphatic rings. The highest BCUT2D eigenvalue weighted by molar-refractivity contribution is 5.83. The number of ketones is 1. The number of hydrogen-bond donors (Lipinski definition) is 2. The second-order valence-electron chi connectivity index (χ2n) is 5.75. The van der Waals surface area contributed by atoms with Gasteiger partial charge in [-0.25, -0.2) is 0 Å². The molecular weight excluding hydrogens is 230 g/mol. The zero-order valence-corrected chi connectivity index (χ0v) is 11.4. The molecule has 0 radical (unpaired) electrons. The number of carbonyl (C=O) groups excluding carboxylic acids is 1. The smallest absolute Gasteiger partial charge is 0.306 e. The Morgan fingerprint density at radius 2 is 2.22 bits per heavy atom. The zero-order chi connectivity index (χ0) is 13.7. The molecule has 1 aliphatic carbocycles. The van der Waals surface area contributed by atoms with Crippen LogP contribution >= 0.6 is 0 Å². The fourth-order valence-corrected chi connectivity index (χ4v) is 2.75. The van der Waals surface area contributed by atoms with E-state index in [0.29, 0.717) is 24.7 Å². The highest BCUT2D eigenvalue weighted by Crippen LogP contribution is 2.30. The van der Waals surface area contributed by atoms with Crippen molar-refractivity contribution in [2.24, 2.45) is 23.5 Å². The van der Waals surface area contributed by atoms with Gasteiger partial charge >= 0.3 is 5.97 Å². The van der Waals surface area contributed by atoms with Crippen LogP contribution in [-0.4, -0.2) is 22.9 Å². The molecule has 2 unspecified atom stereocenters. The third kappa shape index (κ3) is 4.41. The first-order chi connectivity index (χ1) is 8.41. The van der Waals surface area contributed by atoms with E-state index in [1.54, 1.807) is 6.92 Å². The number of Topliss-reactive ketones (excluding diaryl/α,β-unsaturated/α-hetero) is 1. The van der Waals surface area contributed by atoms with Crippen molar-refractivity contribution < 1.29 is 14.7 Å². The molecule has 0 saturated heterocycles. The fourth-order valence-electron chi connectivity index (χ4n) is 2.75. The van der Waals surface area contributed by atoms with Crippen molar-refractivity contribution in [2.45, 2.75) is 58.4 Å². The summed E-state index contributed by atoms with van der Waals surface area (Å²) in [4.78, 5) is 22.4. The van der Waals surface area contributed by atoms with Gasteiger partial charge in [-0.05, 0) is 43.9 Å². The van der Waals surface area contributed by atoms with E-state index in [4.69, 9.17) is 10.8 Å². The van der Waals surface area contributed by atoms with Crippen molar-refractivity contribution in [3.8, 4) is 0 Å². The molecule has 1 rings (SSSR count). The molecule has 3 N–H and O–H groups in total. The van der Waals surface area contributed by atoms with Gasteiger partial charge in [0, 0.05) is 6.42 Å². The summed E-state index contributed by atoms with van der Waals surface area (Å²) in [5.74, 6) is 0.0914. The van der Waals surface area contributed by atoms with Crippen LogP contribution in [0.3, 0.4) is 0 Å². The number of hydrogen-bond acceptors (Lipinski definition) is 3. The first-order valence-corrected chi connectivity index (χ1v) is 6.93. The van der Waals surface area contributed by atoms with Crippen LogP contribution < -0.4 is 5.73 Å². The molecule has 1 saturated carbocycles. The maximum Gasteiger partial charge on any atom is 0.306 e. The first kappa shape index (κ1) is 15.2. The molecule has 18 heavy (non-hydrogen) atoms. The van der Waals surface area contributed by atoms with Gasteiger partial charge in [-0.3, -0.25) is 9.59 Å². The van der Waals surface area contributed by atoms with Crippen molar-refractivity contribution in [3.05, 3.63) is 0 Å². The molecule has 4 atom stereocenters. The minimum atomic E-state index is -0.722. The topological polar surface area (TPSA) is 80.4 Å². The molecular formula is C14H25NO3. The molecule has 0 spiro atoms. The fraction of sp³-hybridized carbons (Fsp3) is 0.857. The van der Waals surface area contributed by atoms with Crippen LogP contribution in [0.1, 0.15) is 52.4 Å². The zero-order valence-electron chi connectivity index (χ0n) is 11.4. The number of aliphatic carboxylic acids is 1. The van der Waals surface area contributed by atoms with Gasteiger partial charge < -0.3 is 10.8 Å². The monoisotopic (exact) mass is 255 g/mol. The largest absolute Gasteiger partial charge is 0.481 e. The van der Waals surface area contributed by atoms with Crippen LogP contribution in [0.15, 0.2) is 0 Å². The van der Waals surface area contributed by atoms with E-state index in [-0.39, 0.29) is 17.7 Å². The quantitative estimate of drug-likeness (QED) is 0.807. The van der Waals surface area contributed by atoms with E-state index in [1.807, 2.05) is 0 Å². The van der Waals surface area contributed by atoms with Crippen LogP contribution in [0.4, 0.5) is 0 Å². The summed E-state index contributed by atoms with van der Waals surface area (Å²) in [6, 6.07) is -0.320. The van der Waals surface area contributed by atoms with Crippen LogP contribution in [0.5, 0.6) is 0 Å². The second-order valence-corrected chi connectivity index (χ2v) is 5.75. The van der Waals surface area contributed by atoms with Gasteiger partial charge in [0.2, 0.25) is 0 Å². The summed E-state index contributed by atoms with van der Waals surface area (Å²) in [6.07, 6.45) is 4.88. The summed E-state index contributed by atoms with van der Waals surface area (Å²) in [6.45, 7) is 3.89. The Labute approximate surface area is 109 Å². The van der Waals surface area contributed by atoms with Gasteiger partial charge in [0.1, 0.15) is 5.78 Å². The lowest BCUT2D eigenvalue weighted by Gasteiger charge is -2.29. The van der Waals surface area contributed by atoms with E-state index in [0.717, 1.165) is 25.7 Å². The normalized spacial score (nSPS) is 31.5. The second kappa shape index (κ2) is 6.88. The summed E-state index contributed by atoms with van der Waals surface area (Å²) < 4.78 is 0. The minimum Gasteiger partial charge on any atom is -0.481 e. The van der Waals surface area contributed by atoms with E-state index in [1.165, 1.54) is 0 Å². The summed E-state index contributed by atoms with van der Waals surface area (Å²) >= 11 is 0. The number of carboxylic acids is 1. The highest BCUT2D eigenvalue weighted by Gasteiger charge is 2.26. The van der Waals surface area contributed by atoms with E-state index in [9.17, 15) is 9.59 Å². The predicted molar refractivity (Wildman–Crippen MR) is 70.1 cm³/mol. The standard InChI is InChI=1S/C14H25NO3/c1-9(14(17)18)6-7-11-4-3-5-13(16)12(15)8-10(11)2/h9-12H,3-8,15H2,1-2H3,(H,17,18)/t9-,10?,11?,12-/m0/s1. The lowest BCUT2D eigenvalue weighted by Crippen LogP contribution is -2.35. The Morgan fingerprint density at radius 1 is 1.56 bits per heavy atom. The molecule has 0 aromatic heterocycles. The number of rotatable bonds is 4. The molecule has 104 valence electrons. The van der Waals surface area contributed by atoms with E-state index < -0.39 is 5.97 Å². The SMILES string of the molecule is CC1C[C@H](N)C(=O)CCCC1CC[C@H](C)C(=O)O. The lowest BCUT2D eigenvalue weighted by molar-refractivity contribution is -0.141. The third-order valence-corrected chi connectivity index (χ3v) is 4.23. The molecule has 0 aliphatic heterocycles. The molecule has 4 nitrogen and oxygen atoms in total. The van der Waals surface area contributed by atoms with Crippen LogP contribution in [0, 0.1) is 17.8 Å². The van der Waals surface area contributed by atoms with Crippen molar-refractivity contribution in [1.82, 2.24) is 0 Å². The van der Waals surface area contributed by atoms with Gasteiger partial charge in [0.15, 0.2) is 0 Å². The van der Waals surface area contributed by atoms with Crippen molar-refractivity contribution in [1.29, 1.82) is 0 Å². The minimum absolute atomic E-state index is 0.180. The Bertz CT molecular complexity index is 303. The van der Waals surface area contributed by atoms with Gasteiger partial charge in [-0.1, -0.05) is 13.8 Å². The average molecular weight is 255 g/mol. The lowest BCUT2D eigenvalue weighted by atomic mass is 9.77. The summed E-state index contributed by atoms with van der Waals surface area (Å²) in [5, 5.41) is 8.89. The Hall–Kier alpha value is -0.900. The van der Waals surface area contributed by atoms with Crippen molar-refractivity contribution in [3.63, 3.8) is 0 Å². The Morgan fingerprint density at radius 3 is 2.83 bits per heavy atom.